The lowest BCUT2D eigenvalue weighted by Gasteiger charge is -2.17. The molecule has 1 aliphatic rings. The van der Waals surface area contributed by atoms with Crippen LogP contribution in [-0.4, -0.2) is 48.7 Å². The van der Waals surface area contributed by atoms with E-state index in [4.69, 9.17) is 9.26 Å². The number of hydrogen-bond donors (Lipinski definition) is 2. The molecule has 2 aromatic rings. The monoisotopic (exact) mass is 414 g/mol. The third-order valence-electron chi connectivity index (χ3n) is 5.56. The number of hydrogen-bond acceptors (Lipinski definition) is 5. The van der Waals surface area contributed by atoms with E-state index in [1.807, 2.05) is 37.8 Å². The highest BCUT2D eigenvalue weighted by Crippen LogP contribution is 2.27. The lowest BCUT2D eigenvalue weighted by atomic mass is 9.96. The molecule has 30 heavy (non-hydrogen) atoms. The van der Waals surface area contributed by atoms with Gasteiger partial charge in [-0.25, -0.2) is 4.79 Å². The Morgan fingerprint density at radius 2 is 2.10 bits per heavy atom. The fourth-order valence-electron chi connectivity index (χ4n) is 3.86. The van der Waals surface area contributed by atoms with Crippen LogP contribution in [0.2, 0.25) is 0 Å². The van der Waals surface area contributed by atoms with E-state index in [1.165, 1.54) is 0 Å². The number of nitrogens with zero attached hydrogens (tertiary/aromatic N) is 2. The second-order valence-electron chi connectivity index (χ2n) is 7.65. The summed E-state index contributed by atoms with van der Waals surface area (Å²) < 4.78 is 10.7. The average molecular weight is 415 g/mol. The number of likely N-dealkylation sites (tertiary alicyclic amines) is 1. The van der Waals surface area contributed by atoms with E-state index in [1.54, 1.807) is 13.2 Å². The molecule has 1 aromatic heterocycles. The van der Waals surface area contributed by atoms with Crippen molar-refractivity contribution in [1.82, 2.24) is 20.7 Å². The molecule has 1 fully saturated rings. The summed E-state index contributed by atoms with van der Waals surface area (Å²) in [6, 6.07) is 5.47. The first kappa shape index (κ1) is 21.7. The molecule has 1 atom stereocenters. The minimum atomic E-state index is -0.158. The van der Waals surface area contributed by atoms with E-state index in [0.29, 0.717) is 36.9 Å². The number of rotatable bonds is 7. The maximum absolute atomic E-state index is 12.7. The van der Waals surface area contributed by atoms with Gasteiger partial charge in [0, 0.05) is 37.3 Å². The van der Waals surface area contributed by atoms with Crippen molar-refractivity contribution >= 4 is 11.9 Å². The lowest BCUT2D eigenvalue weighted by Crippen LogP contribution is -2.38. The first-order valence-electron chi connectivity index (χ1n) is 10.3. The Kier molecular flexibility index (Phi) is 6.97. The van der Waals surface area contributed by atoms with Crippen molar-refractivity contribution in [3.05, 3.63) is 46.3 Å². The SMILES string of the molecule is CCNC(=O)N1CCC(Cc2cc(C(=O)NCc3c(C)noc3C)ccc2OC)C1. The number of aryl methyl sites for hydroxylation is 2. The normalized spacial score (nSPS) is 15.9. The lowest BCUT2D eigenvalue weighted by molar-refractivity contribution is 0.0950. The fourth-order valence-corrected chi connectivity index (χ4v) is 3.86. The van der Waals surface area contributed by atoms with E-state index in [-0.39, 0.29) is 11.9 Å². The average Bonchev–Trinajstić information content (AvgIpc) is 3.33. The largest absolute Gasteiger partial charge is 0.496 e. The zero-order chi connectivity index (χ0) is 21.7. The van der Waals surface area contributed by atoms with E-state index < -0.39 is 0 Å². The molecule has 1 unspecified atom stereocenters. The van der Waals surface area contributed by atoms with Gasteiger partial charge >= 0.3 is 6.03 Å². The van der Waals surface area contributed by atoms with Crippen molar-refractivity contribution in [2.24, 2.45) is 5.92 Å². The quantitative estimate of drug-likeness (QED) is 0.726. The van der Waals surface area contributed by atoms with Crippen molar-refractivity contribution in [3.8, 4) is 5.75 Å². The van der Waals surface area contributed by atoms with Crippen LogP contribution in [0.5, 0.6) is 5.75 Å². The van der Waals surface area contributed by atoms with Gasteiger partial charge in [0.25, 0.3) is 5.91 Å². The van der Waals surface area contributed by atoms with Crippen molar-refractivity contribution in [2.75, 3.05) is 26.7 Å². The molecule has 162 valence electrons. The Labute approximate surface area is 176 Å². The highest BCUT2D eigenvalue weighted by atomic mass is 16.5. The third-order valence-corrected chi connectivity index (χ3v) is 5.56. The highest BCUT2D eigenvalue weighted by molar-refractivity contribution is 5.94. The molecular weight excluding hydrogens is 384 g/mol. The zero-order valence-electron chi connectivity index (χ0n) is 18.1. The number of carbonyl (C=O) groups excluding carboxylic acids is 2. The summed E-state index contributed by atoms with van der Waals surface area (Å²) in [6.45, 7) is 8.05. The number of ether oxygens (including phenoxy) is 1. The van der Waals surface area contributed by atoms with Crippen LogP contribution in [0.1, 0.15) is 46.3 Å². The zero-order valence-corrected chi connectivity index (χ0v) is 18.1. The van der Waals surface area contributed by atoms with Gasteiger partial charge in [-0.15, -0.1) is 0 Å². The Morgan fingerprint density at radius 3 is 2.77 bits per heavy atom. The molecule has 0 aliphatic carbocycles. The Balaban J connectivity index is 1.66. The van der Waals surface area contributed by atoms with E-state index >= 15 is 0 Å². The predicted octanol–water partition coefficient (Wildman–Crippen LogP) is 2.82. The van der Waals surface area contributed by atoms with Crippen LogP contribution in [0.4, 0.5) is 4.79 Å². The number of urea groups is 1. The molecule has 2 heterocycles. The Morgan fingerprint density at radius 1 is 1.30 bits per heavy atom. The van der Waals surface area contributed by atoms with Gasteiger partial charge in [0.1, 0.15) is 11.5 Å². The van der Waals surface area contributed by atoms with Gasteiger partial charge in [-0.05, 0) is 63.3 Å². The molecular formula is C22H30N4O4. The minimum Gasteiger partial charge on any atom is -0.496 e. The molecule has 3 rings (SSSR count). The minimum absolute atomic E-state index is 0.0144. The van der Waals surface area contributed by atoms with Crippen LogP contribution in [0.3, 0.4) is 0 Å². The van der Waals surface area contributed by atoms with E-state index in [0.717, 1.165) is 42.0 Å². The Hall–Kier alpha value is -3.03. The highest BCUT2D eigenvalue weighted by Gasteiger charge is 2.27. The van der Waals surface area contributed by atoms with Gasteiger partial charge in [-0.1, -0.05) is 5.16 Å². The molecule has 0 saturated carbocycles. The molecule has 8 nitrogen and oxygen atoms in total. The number of nitrogens with one attached hydrogen (secondary N) is 2. The number of carbonyl (C=O) groups is 2. The number of amides is 3. The second kappa shape index (κ2) is 9.65. The van der Waals surface area contributed by atoms with Crippen molar-refractivity contribution < 1.29 is 18.8 Å². The van der Waals surface area contributed by atoms with Gasteiger partial charge in [-0.2, -0.15) is 0 Å². The van der Waals surface area contributed by atoms with Crippen LogP contribution in [-0.2, 0) is 13.0 Å². The van der Waals surface area contributed by atoms with Gasteiger partial charge in [0.2, 0.25) is 0 Å². The van der Waals surface area contributed by atoms with Crippen molar-refractivity contribution in [2.45, 2.75) is 40.2 Å². The maximum atomic E-state index is 12.7. The van der Waals surface area contributed by atoms with E-state index in [2.05, 4.69) is 15.8 Å². The number of benzene rings is 1. The summed E-state index contributed by atoms with van der Waals surface area (Å²) in [5, 5.41) is 9.70. The molecule has 0 radical (unpaired) electrons. The van der Waals surface area contributed by atoms with Gasteiger partial charge in [0.05, 0.1) is 12.8 Å². The van der Waals surface area contributed by atoms with Crippen molar-refractivity contribution in [1.29, 1.82) is 0 Å². The standard InChI is InChI=1S/C22H30N4O4/c1-5-23-22(28)26-9-8-16(13-26)10-18-11-17(6-7-20(18)29-4)21(27)24-12-19-14(2)25-30-15(19)3/h6-7,11,16H,5,8-10,12-13H2,1-4H3,(H,23,28)(H,24,27). The summed E-state index contributed by atoms with van der Waals surface area (Å²) in [5.74, 6) is 1.64. The number of aromatic nitrogens is 1. The summed E-state index contributed by atoms with van der Waals surface area (Å²) in [5.41, 5.74) is 3.23. The van der Waals surface area contributed by atoms with Crippen LogP contribution >= 0.6 is 0 Å². The molecule has 8 heteroatoms. The summed E-state index contributed by atoms with van der Waals surface area (Å²) >= 11 is 0. The fraction of sp³-hybridized carbons (Fsp3) is 0.500. The van der Waals surface area contributed by atoms with Crippen LogP contribution in [0.25, 0.3) is 0 Å². The van der Waals surface area contributed by atoms with Gasteiger partial charge < -0.3 is 24.8 Å². The predicted molar refractivity (Wildman–Crippen MR) is 113 cm³/mol. The van der Waals surface area contributed by atoms with Crippen LogP contribution in [0.15, 0.2) is 22.7 Å². The maximum Gasteiger partial charge on any atom is 0.317 e. The Bertz CT molecular complexity index is 889. The molecule has 3 amide bonds. The van der Waals surface area contributed by atoms with Crippen LogP contribution < -0.4 is 15.4 Å². The smallest absolute Gasteiger partial charge is 0.317 e. The third kappa shape index (κ3) is 4.93. The van der Waals surface area contributed by atoms with Crippen molar-refractivity contribution in [3.63, 3.8) is 0 Å². The van der Waals surface area contributed by atoms with E-state index in [9.17, 15) is 9.59 Å². The first-order chi connectivity index (χ1) is 14.4. The molecule has 2 N–H and O–H groups in total. The summed E-state index contributed by atoms with van der Waals surface area (Å²) in [6.07, 6.45) is 1.69. The van der Waals surface area contributed by atoms with Gasteiger partial charge in [0.15, 0.2) is 0 Å². The summed E-state index contributed by atoms with van der Waals surface area (Å²) in [7, 11) is 1.63. The van der Waals surface area contributed by atoms with Crippen LogP contribution in [0, 0.1) is 19.8 Å². The molecule has 1 aromatic carbocycles. The molecule has 0 bridgehead atoms. The molecule has 1 saturated heterocycles. The second-order valence-corrected chi connectivity index (χ2v) is 7.65. The molecule has 0 spiro atoms. The summed E-state index contributed by atoms with van der Waals surface area (Å²) in [4.78, 5) is 26.6. The topological polar surface area (TPSA) is 96.7 Å². The number of methoxy groups -OCH3 is 1. The van der Waals surface area contributed by atoms with Gasteiger partial charge in [-0.3, -0.25) is 4.79 Å². The first-order valence-corrected chi connectivity index (χ1v) is 10.3. The molecule has 1 aliphatic heterocycles.